The van der Waals surface area contributed by atoms with Gasteiger partial charge in [0.05, 0.1) is 6.07 Å². The van der Waals surface area contributed by atoms with Gasteiger partial charge in [-0.25, -0.2) is 8.42 Å². The van der Waals surface area contributed by atoms with Gasteiger partial charge in [0.15, 0.2) is 5.76 Å². The molecule has 0 aromatic carbocycles. The lowest BCUT2D eigenvalue weighted by Gasteiger charge is -2.20. The lowest BCUT2D eigenvalue weighted by molar-refractivity contribution is 0.390. The van der Waals surface area contributed by atoms with Crippen molar-refractivity contribution in [2.45, 2.75) is 44.6 Å². The van der Waals surface area contributed by atoms with E-state index in [0.717, 1.165) is 0 Å². The van der Waals surface area contributed by atoms with Crippen molar-refractivity contribution in [3.05, 3.63) is 11.5 Å². The molecule has 0 aliphatic rings. The van der Waals surface area contributed by atoms with E-state index >= 15 is 0 Å². The van der Waals surface area contributed by atoms with Crippen molar-refractivity contribution in [3.63, 3.8) is 0 Å². The maximum Gasteiger partial charge on any atom is 0.247 e. The van der Waals surface area contributed by atoms with E-state index in [1.807, 2.05) is 6.07 Å². The van der Waals surface area contributed by atoms with Crippen LogP contribution in [-0.4, -0.2) is 19.1 Å². The molecule has 1 heterocycles. The van der Waals surface area contributed by atoms with Gasteiger partial charge in [0, 0.05) is 0 Å². The Morgan fingerprint density at radius 2 is 2.12 bits per heavy atom. The van der Waals surface area contributed by atoms with E-state index in [-0.39, 0.29) is 16.3 Å². The van der Waals surface area contributed by atoms with Crippen molar-refractivity contribution in [2.75, 3.05) is 0 Å². The zero-order valence-corrected chi connectivity index (χ0v) is 11.1. The van der Waals surface area contributed by atoms with Gasteiger partial charge in [-0.05, 0) is 27.2 Å². The van der Waals surface area contributed by atoms with E-state index < -0.39 is 15.6 Å². The molecule has 1 atom stereocenters. The predicted octanol–water partition coefficient (Wildman–Crippen LogP) is 1.26. The second-order valence-electron chi connectivity index (χ2n) is 4.06. The number of nitrogens with one attached hydrogen (secondary N) is 1. The highest BCUT2D eigenvalue weighted by molar-refractivity contribution is 7.89. The monoisotopic (exact) mass is 257 g/mol. The first-order valence-corrected chi connectivity index (χ1v) is 6.62. The average Bonchev–Trinajstić information content (AvgIpc) is 2.58. The van der Waals surface area contributed by atoms with Crippen molar-refractivity contribution in [2.24, 2.45) is 0 Å². The molecular formula is C10H15N3O3S. The van der Waals surface area contributed by atoms with E-state index in [0.29, 0.717) is 6.42 Å². The van der Waals surface area contributed by atoms with Crippen LogP contribution in [-0.2, 0) is 10.0 Å². The van der Waals surface area contributed by atoms with Crippen LogP contribution in [0.25, 0.3) is 0 Å². The standard InChI is InChI=1S/C10H15N3O3S/c1-5-10(4,6-11)13-17(14,15)9-7(2)12-16-8(9)3/h13H,5H2,1-4H3. The van der Waals surface area contributed by atoms with Gasteiger partial charge < -0.3 is 4.52 Å². The Kier molecular flexibility index (Phi) is 3.59. The zero-order chi connectivity index (χ0) is 13.3. The summed E-state index contributed by atoms with van der Waals surface area (Å²) >= 11 is 0. The minimum atomic E-state index is -3.79. The summed E-state index contributed by atoms with van der Waals surface area (Å²) < 4.78 is 31.4. The molecule has 0 fully saturated rings. The van der Waals surface area contributed by atoms with Crippen LogP contribution in [0.5, 0.6) is 0 Å². The summed E-state index contributed by atoms with van der Waals surface area (Å²) in [6.07, 6.45) is 0.367. The summed E-state index contributed by atoms with van der Waals surface area (Å²) in [5.74, 6) is 0.214. The third-order valence-electron chi connectivity index (χ3n) is 2.55. The number of nitrogens with zero attached hydrogens (tertiary/aromatic N) is 2. The molecule has 0 aliphatic heterocycles. The van der Waals surface area contributed by atoms with Crippen molar-refractivity contribution in [1.82, 2.24) is 9.88 Å². The molecule has 0 saturated heterocycles. The largest absolute Gasteiger partial charge is 0.360 e. The second-order valence-corrected chi connectivity index (χ2v) is 5.68. The SMILES string of the molecule is CCC(C)(C#N)NS(=O)(=O)c1c(C)noc1C. The number of aromatic nitrogens is 1. The van der Waals surface area contributed by atoms with Gasteiger partial charge in [0.2, 0.25) is 10.0 Å². The molecule has 94 valence electrons. The molecule has 0 amide bonds. The molecule has 0 aliphatic carbocycles. The third-order valence-corrected chi connectivity index (χ3v) is 4.39. The molecule has 0 bridgehead atoms. The molecule has 1 unspecified atom stereocenters. The number of nitriles is 1. The third kappa shape index (κ3) is 2.65. The van der Waals surface area contributed by atoms with Gasteiger partial charge in [-0.2, -0.15) is 9.98 Å². The van der Waals surface area contributed by atoms with E-state index in [1.54, 1.807) is 13.8 Å². The van der Waals surface area contributed by atoms with Crippen molar-refractivity contribution in [1.29, 1.82) is 5.26 Å². The summed E-state index contributed by atoms with van der Waals surface area (Å²) in [4.78, 5) is 0.00688. The first-order valence-electron chi connectivity index (χ1n) is 5.14. The quantitative estimate of drug-likeness (QED) is 0.876. The molecule has 0 saturated carbocycles. The molecule has 0 radical (unpaired) electrons. The summed E-state index contributed by atoms with van der Waals surface area (Å²) in [7, 11) is -3.79. The molecule has 0 spiro atoms. The molecule has 1 rings (SSSR count). The van der Waals surface area contributed by atoms with Gasteiger partial charge in [-0.15, -0.1) is 0 Å². The van der Waals surface area contributed by atoms with Gasteiger partial charge in [0.1, 0.15) is 16.1 Å². The van der Waals surface area contributed by atoms with Crippen molar-refractivity contribution >= 4 is 10.0 Å². The van der Waals surface area contributed by atoms with Crippen LogP contribution >= 0.6 is 0 Å². The van der Waals surface area contributed by atoms with Gasteiger partial charge in [0.25, 0.3) is 0 Å². The maximum absolute atomic E-state index is 12.1. The van der Waals surface area contributed by atoms with Crippen LogP contribution < -0.4 is 4.72 Å². The second kappa shape index (κ2) is 4.47. The number of hydrogen-bond acceptors (Lipinski definition) is 5. The number of hydrogen-bond donors (Lipinski definition) is 1. The Hall–Kier alpha value is -1.39. The highest BCUT2D eigenvalue weighted by atomic mass is 32.2. The highest BCUT2D eigenvalue weighted by Gasteiger charge is 2.32. The van der Waals surface area contributed by atoms with Crippen LogP contribution in [0.3, 0.4) is 0 Å². The molecule has 7 heteroatoms. The van der Waals surface area contributed by atoms with Gasteiger partial charge >= 0.3 is 0 Å². The Balaban J connectivity index is 3.20. The fourth-order valence-corrected chi connectivity index (χ4v) is 3.11. The molecule has 6 nitrogen and oxygen atoms in total. The van der Waals surface area contributed by atoms with Gasteiger partial charge in [-0.1, -0.05) is 12.1 Å². The number of rotatable bonds is 4. The molecule has 1 aromatic heterocycles. The van der Waals surface area contributed by atoms with Gasteiger partial charge in [-0.3, -0.25) is 0 Å². The fraction of sp³-hybridized carbons (Fsp3) is 0.600. The Bertz CT molecular complexity index is 536. The fourth-order valence-electron chi connectivity index (χ4n) is 1.38. The van der Waals surface area contributed by atoms with E-state index in [2.05, 4.69) is 9.88 Å². The van der Waals surface area contributed by atoms with Crippen LogP contribution in [0.2, 0.25) is 0 Å². The number of sulfonamides is 1. The first-order chi connectivity index (χ1) is 7.75. The summed E-state index contributed by atoms with van der Waals surface area (Å²) in [6, 6.07) is 1.94. The maximum atomic E-state index is 12.1. The minimum Gasteiger partial charge on any atom is -0.360 e. The van der Waals surface area contributed by atoms with Crippen LogP contribution in [0, 0.1) is 25.2 Å². The highest BCUT2D eigenvalue weighted by Crippen LogP contribution is 2.21. The topological polar surface area (TPSA) is 96.0 Å². The van der Waals surface area contributed by atoms with E-state index in [4.69, 9.17) is 9.78 Å². The molecule has 1 aromatic rings. The molecular weight excluding hydrogens is 242 g/mol. The van der Waals surface area contributed by atoms with Crippen molar-refractivity contribution < 1.29 is 12.9 Å². The Labute approximate surface area is 101 Å². The Morgan fingerprint density at radius 1 is 1.53 bits per heavy atom. The molecule has 17 heavy (non-hydrogen) atoms. The smallest absolute Gasteiger partial charge is 0.247 e. The minimum absolute atomic E-state index is 0.00688. The lowest BCUT2D eigenvalue weighted by atomic mass is 10.0. The van der Waals surface area contributed by atoms with Crippen LogP contribution in [0.1, 0.15) is 31.7 Å². The first kappa shape index (κ1) is 13.7. The molecule has 1 N–H and O–H groups in total. The predicted molar refractivity (Wildman–Crippen MR) is 60.6 cm³/mol. The van der Waals surface area contributed by atoms with E-state index in [9.17, 15) is 8.42 Å². The van der Waals surface area contributed by atoms with Crippen LogP contribution in [0.4, 0.5) is 0 Å². The van der Waals surface area contributed by atoms with E-state index in [1.165, 1.54) is 13.8 Å². The number of aryl methyl sites for hydroxylation is 2. The average molecular weight is 257 g/mol. The zero-order valence-electron chi connectivity index (χ0n) is 10.2. The lowest BCUT2D eigenvalue weighted by Crippen LogP contribution is -2.44. The normalized spacial score (nSPS) is 15.2. The van der Waals surface area contributed by atoms with Crippen molar-refractivity contribution in [3.8, 4) is 6.07 Å². The summed E-state index contributed by atoms with van der Waals surface area (Å²) in [6.45, 7) is 6.33. The van der Waals surface area contributed by atoms with Crippen LogP contribution in [0.15, 0.2) is 9.42 Å². The Morgan fingerprint density at radius 3 is 2.47 bits per heavy atom. The summed E-state index contributed by atoms with van der Waals surface area (Å²) in [5, 5.41) is 12.6. The summed E-state index contributed by atoms with van der Waals surface area (Å²) in [5.41, 5.74) is -0.846.